The Morgan fingerprint density at radius 3 is 2.30 bits per heavy atom. The van der Waals surface area contributed by atoms with Gasteiger partial charge in [-0.05, 0) is 12.1 Å². The van der Waals surface area contributed by atoms with Crippen molar-refractivity contribution in [2.45, 2.75) is 6.54 Å². The summed E-state index contributed by atoms with van der Waals surface area (Å²) in [4.78, 5) is 29.4. The number of hydrogen-bond acceptors (Lipinski definition) is 10. The van der Waals surface area contributed by atoms with Crippen LogP contribution in [0, 0.1) is 0 Å². The fraction of sp³-hybridized carbons (Fsp3) is 0.450. The maximum Gasteiger partial charge on any atom is 0.229 e. The normalized spacial score (nSPS) is 17.9. The summed E-state index contributed by atoms with van der Waals surface area (Å²) in [5.41, 5.74) is 0.778. The van der Waals surface area contributed by atoms with E-state index in [9.17, 15) is 0 Å². The molecule has 2 aliphatic heterocycles. The van der Waals surface area contributed by atoms with E-state index in [-0.39, 0.29) is 0 Å². The average molecular weight is 426 g/mol. The fourth-order valence-corrected chi connectivity index (χ4v) is 4.47. The summed E-state index contributed by atoms with van der Waals surface area (Å²) in [7, 11) is 0. The molecule has 5 rings (SSSR count). The van der Waals surface area contributed by atoms with Crippen molar-refractivity contribution in [3.63, 3.8) is 0 Å². The van der Waals surface area contributed by atoms with Crippen LogP contribution in [0.3, 0.4) is 0 Å². The van der Waals surface area contributed by atoms with Gasteiger partial charge in [0.1, 0.15) is 6.33 Å². The van der Waals surface area contributed by atoms with Crippen LogP contribution in [-0.2, 0) is 16.0 Å². The third kappa shape index (κ3) is 4.46. The molecule has 0 radical (unpaired) electrons. The maximum atomic E-state index is 5.48. The molecule has 0 bridgehead atoms. The summed E-state index contributed by atoms with van der Waals surface area (Å²) in [6, 6.07) is 4.27. The number of ether oxygens (including phenoxy) is 2. The molecule has 0 unspecified atom stereocenters. The van der Waals surface area contributed by atoms with E-state index < -0.39 is 0 Å². The molecule has 0 amide bonds. The SMILES string of the molecule is c1ncc(-c2nc(-c3ccc(CN4CCOCC4)s3)nc(N3CCOCC3)n2)cn1. The summed E-state index contributed by atoms with van der Waals surface area (Å²) in [6.07, 6.45) is 4.96. The summed E-state index contributed by atoms with van der Waals surface area (Å²) >= 11 is 1.73. The molecule has 0 aromatic carbocycles. The first-order valence-electron chi connectivity index (χ1n) is 10.1. The van der Waals surface area contributed by atoms with E-state index in [0.717, 1.165) is 56.4 Å². The van der Waals surface area contributed by atoms with E-state index in [1.54, 1.807) is 23.7 Å². The molecule has 2 fully saturated rings. The van der Waals surface area contributed by atoms with Crippen LogP contribution in [0.5, 0.6) is 0 Å². The topological polar surface area (TPSA) is 89.4 Å². The van der Waals surface area contributed by atoms with Crippen LogP contribution in [0.1, 0.15) is 4.88 Å². The van der Waals surface area contributed by atoms with Crippen molar-refractivity contribution in [2.24, 2.45) is 0 Å². The van der Waals surface area contributed by atoms with Crippen molar-refractivity contribution >= 4 is 17.3 Å². The summed E-state index contributed by atoms with van der Waals surface area (Å²) < 4.78 is 10.9. The Morgan fingerprint density at radius 2 is 1.53 bits per heavy atom. The van der Waals surface area contributed by atoms with Crippen molar-refractivity contribution < 1.29 is 9.47 Å². The predicted octanol–water partition coefficient (Wildman–Crippen LogP) is 1.73. The third-order valence-electron chi connectivity index (χ3n) is 5.10. The Labute approximate surface area is 178 Å². The van der Waals surface area contributed by atoms with E-state index in [0.29, 0.717) is 30.8 Å². The fourth-order valence-electron chi connectivity index (χ4n) is 3.49. The highest BCUT2D eigenvalue weighted by Gasteiger charge is 2.19. The number of morpholine rings is 2. The van der Waals surface area contributed by atoms with E-state index >= 15 is 0 Å². The Morgan fingerprint density at radius 1 is 0.833 bits per heavy atom. The van der Waals surface area contributed by atoms with Crippen molar-refractivity contribution in [3.05, 3.63) is 35.7 Å². The van der Waals surface area contributed by atoms with Crippen molar-refractivity contribution in [2.75, 3.05) is 57.5 Å². The van der Waals surface area contributed by atoms with Gasteiger partial charge in [-0.2, -0.15) is 9.97 Å². The van der Waals surface area contributed by atoms with Gasteiger partial charge in [0.05, 0.1) is 36.9 Å². The van der Waals surface area contributed by atoms with Gasteiger partial charge in [0.15, 0.2) is 11.6 Å². The molecular formula is C20H23N7O2S. The number of thiophene rings is 1. The Balaban J connectivity index is 1.46. The molecule has 0 spiro atoms. The second kappa shape index (κ2) is 9.09. The van der Waals surface area contributed by atoms with Gasteiger partial charge in [-0.1, -0.05) is 0 Å². The summed E-state index contributed by atoms with van der Waals surface area (Å²) in [5.74, 6) is 1.94. The van der Waals surface area contributed by atoms with E-state index in [1.165, 1.54) is 11.2 Å². The van der Waals surface area contributed by atoms with E-state index in [4.69, 9.17) is 24.4 Å². The van der Waals surface area contributed by atoms with Crippen LogP contribution < -0.4 is 4.90 Å². The van der Waals surface area contributed by atoms with E-state index in [1.807, 2.05) is 0 Å². The standard InChI is InChI=1S/C20H23N7O2S/c1-2-17(30-16(1)13-26-3-7-28-8-4-26)19-23-18(15-11-21-14-22-12-15)24-20(25-19)27-5-9-29-10-6-27/h1-2,11-12,14H,3-10,13H2. The van der Waals surface area contributed by atoms with Gasteiger partial charge in [0, 0.05) is 50.0 Å². The lowest BCUT2D eigenvalue weighted by atomic mass is 10.3. The molecule has 0 atom stereocenters. The molecule has 10 heteroatoms. The number of nitrogens with zero attached hydrogens (tertiary/aromatic N) is 7. The molecular weight excluding hydrogens is 402 g/mol. The first kappa shape index (κ1) is 19.4. The number of anilines is 1. The van der Waals surface area contributed by atoms with Crippen LogP contribution in [0.15, 0.2) is 30.9 Å². The quantitative estimate of drug-likeness (QED) is 0.606. The van der Waals surface area contributed by atoms with Gasteiger partial charge >= 0.3 is 0 Å². The molecule has 5 heterocycles. The molecule has 2 aliphatic rings. The Hall–Kier alpha value is -2.53. The molecule has 9 nitrogen and oxygen atoms in total. The number of aromatic nitrogens is 5. The van der Waals surface area contributed by atoms with Crippen LogP contribution in [0.25, 0.3) is 22.1 Å². The third-order valence-corrected chi connectivity index (χ3v) is 6.17. The maximum absolute atomic E-state index is 5.48. The van der Waals surface area contributed by atoms with Crippen LogP contribution in [0.4, 0.5) is 5.95 Å². The van der Waals surface area contributed by atoms with E-state index in [2.05, 4.69) is 31.9 Å². The predicted molar refractivity (Wildman–Crippen MR) is 113 cm³/mol. The zero-order valence-electron chi connectivity index (χ0n) is 16.6. The highest BCUT2D eigenvalue weighted by atomic mass is 32.1. The van der Waals surface area contributed by atoms with Crippen LogP contribution in [-0.4, -0.2) is 82.4 Å². The first-order chi connectivity index (χ1) is 14.8. The van der Waals surface area contributed by atoms with Crippen LogP contribution in [0.2, 0.25) is 0 Å². The monoisotopic (exact) mass is 425 g/mol. The van der Waals surface area contributed by atoms with Crippen molar-refractivity contribution in [3.8, 4) is 22.1 Å². The van der Waals surface area contributed by atoms with Gasteiger partial charge < -0.3 is 14.4 Å². The largest absolute Gasteiger partial charge is 0.379 e. The second-order valence-corrected chi connectivity index (χ2v) is 8.33. The lowest BCUT2D eigenvalue weighted by molar-refractivity contribution is 0.0346. The van der Waals surface area contributed by atoms with Crippen LogP contribution >= 0.6 is 11.3 Å². The lowest BCUT2D eigenvalue weighted by Gasteiger charge is -2.27. The molecule has 156 valence electrons. The lowest BCUT2D eigenvalue weighted by Crippen LogP contribution is -2.37. The molecule has 3 aromatic heterocycles. The minimum atomic E-state index is 0.588. The van der Waals surface area contributed by atoms with Gasteiger partial charge in [0.2, 0.25) is 5.95 Å². The average Bonchev–Trinajstić information content (AvgIpc) is 3.29. The highest BCUT2D eigenvalue weighted by Crippen LogP contribution is 2.29. The number of hydrogen-bond donors (Lipinski definition) is 0. The minimum absolute atomic E-state index is 0.588. The zero-order chi connectivity index (χ0) is 20.2. The first-order valence-corrected chi connectivity index (χ1v) is 10.9. The molecule has 0 saturated carbocycles. The Bertz CT molecular complexity index is 972. The zero-order valence-corrected chi connectivity index (χ0v) is 17.4. The molecule has 0 aliphatic carbocycles. The highest BCUT2D eigenvalue weighted by molar-refractivity contribution is 7.15. The number of rotatable bonds is 5. The molecule has 30 heavy (non-hydrogen) atoms. The van der Waals surface area contributed by atoms with Gasteiger partial charge in [0.25, 0.3) is 0 Å². The second-order valence-electron chi connectivity index (χ2n) is 7.16. The Kier molecular flexibility index (Phi) is 5.89. The summed E-state index contributed by atoms with van der Waals surface area (Å²) in [5, 5.41) is 0. The van der Waals surface area contributed by atoms with Gasteiger partial charge in [-0.25, -0.2) is 15.0 Å². The molecule has 3 aromatic rings. The summed E-state index contributed by atoms with van der Waals surface area (Å²) in [6.45, 7) is 7.35. The van der Waals surface area contributed by atoms with Crippen molar-refractivity contribution in [1.82, 2.24) is 29.8 Å². The van der Waals surface area contributed by atoms with Gasteiger partial charge in [-0.3, -0.25) is 4.90 Å². The molecule has 0 N–H and O–H groups in total. The van der Waals surface area contributed by atoms with Gasteiger partial charge in [-0.15, -0.1) is 11.3 Å². The minimum Gasteiger partial charge on any atom is -0.379 e. The van der Waals surface area contributed by atoms with Crippen molar-refractivity contribution in [1.29, 1.82) is 0 Å². The molecule has 2 saturated heterocycles. The smallest absolute Gasteiger partial charge is 0.229 e.